The highest BCUT2D eigenvalue weighted by Gasteiger charge is 2.19. The Hall–Kier alpha value is -0.0800. The van der Waals surface area contributed by atoms with Crippen molar-refractivity contribution in [2.45, 2.75) is 32.2 Å². The Morgan fingerprint density at radius 3 is 2.50 bits per heavy atom. The average molecular weight is 144 g/mol. The van der Waals surface area contributed by atoms with Crippen molar-refractivity contribution in [1.82, 2.24) is 0 Å². The van der Waals surface area contributed by atoms with Crippen molar-refractivity contribution in [3.63, 3.8) is 0 Å². The van der Waals surface area contributed by atoms with E-state index in [0.717, 1.165) is 6.04 Å². The highest BCUT2D eigenvalue weighted by atomic mass is 15.1. The van der Waals surface area contributed by atoms with Crippen LogP contribution in [0, 0.1) is 0 Å². The van der Waals surface area contributed by atoms with E-state index < -0.39 is 0 Å². The molecule has 1 heterocycles. The Morgan fingerprint density at radius 1 is 1.40 bits per heavy atom. The number of hydrogen-bond donors (Lipinski definition) is 2. The maximum absolute atomic E-state index is 4.08. The van der Waals surface area contributed by atoms with Crippen LogP contribution in [0.2, 0.25) is 0 Å². The van der Waals surface area contributed by atoms with Gasteiger partial charge in [-0.15, -0.1) is 0 Å². The highest BCUT2D eigenvalue weighted by molar-refractivity contribution is 4.55. The largest absolute Gasteiger partial charge is 0.355 e. The van der Waals surface area contributed by atoms with Crippen molar-refractivity contribution >= 4 is 0 Å². The molecule has 1 aliphatic rings. The molecule has 0 aromatic rings. The SMILES string of the molecule is CCC[NH+]1CCC([NH3+])CC1. The van der Waals surface area contributed by atoms with Gasteiger partial charge in [0.05, 0.1) is 25.7 Å². The van der Waals surface area contributed by atoms with E-state index in [1.54, 1.807) is 4.90 Å². The quantitative estimate of drug-likeness (QED) is 0.482. The molecule has 1 rings (SSSR count). The lowest BCUT2D eigenvalue weighted by atomic mass is 10.1. The van der Waals surface area contributed by atoms with Crippen LogP contribution in [0.5, 0.6) is 0 Å². The summed E-state index contributed by atoms with van der Waals surface area (Å²) in [7, 11) is 0. The molecule has 0 atom stereocenters. The van der Waals surface area contributed by atoms with E-state index in [1.807, 2.05) is 0 Å². The van der Waals surface area contributed by atoms with Crippen LogP contribution in [0.3, 0.4) is 0 Å². The maximum atomic E-state index is 4.08. The van der Waals surface area contributed by atoms with Gasteiger partial charge in [0.25, 0.3) is 0 Å². The van der Waals surface area contributed by atoms with E-state index in [9.17, 15) is 0 Å². The summed E-state index contributed by atoms with van der Waals surface area (Å²) in [6, 6.07) is 0.751. The molecule has 10 heavy (non-hydrogen) atoms. The number of quaternary nitrogens is 2. The number of piperidine rings is 1. The van der Waals surface area contributed by atoms with E-state index in [0.29, 0.717) is 0 Å². The second-order valence-electron chi connectivity index (χ2n) is 3.44. The highest BCUT2D eigenvalue weighted by Crippen LogP contribution is 1.91. The minimum atomic E-state index is 0.751. The Morgan fingerprint density at radius 2 is 2.00 bits per heavy atom. The van der Waals surface area contributed by atoms with Crippen molar-refractivity contribution in [1.29, 1.82) is 0 Å². The fourth-order valence-electron chi connectivity index (χ4n) is 1.69. The molecule has 4 N–H and O–H groups in total. The number of rotatable bonds is 2. The van der Waals surface area contributed by atoms with Gasteiger partial charge in [0.2, 0.25) is 0 Å². The molecule has 2 nitrogen and oxygen atoms in total. The minimum absolute atomic E-state index is 0.751. The van der Waals surface area contributed by atoms with Crippen molar-refractivity contribution in [3.8, 4) is 0 Å². The monoisotopic (exact) mass is 144 g/mol. The summed E-state index contributed by atoms with van der Waals surface area (Å²) in [5, 5.41) is 0. The van der Waals surface area contributed by atoms with Crippen LogP contribution < -0.4 is 10.6 Å². The van der Waals surface area contributed by atoms with E-state index in [-0.39, 0.29) is 0 Å². The Balaban J connectivity index is 2.13. The predicted molar refractivity (Wildman–Crippen MR) is 41.8 cm³/mol. The molecular weight excluding hydrogens is 124 g/mol. The molecular formula is C8H20N2+2. The standard InChI is InChI=1S/C8H18N2/c1-2-5-10-6-3-8(9)4-7-10/h8H,2-7,9H2,1H3/p+2. The van der Waals surface area contributed by atoms with Gasteiger partial charge in [-0.3, -0.25) is 0 Å². The van der Waals surface area contributed by atoms with Crippen LogP contribution in [-0.2, 0) is 0 Å². The number of likely N-dealkylation sites (tertiary alicyclic amines) is 1. The fourth-order valence-corrected chi connectivity index (χ4v) is 1.69. The molecule has 0 aromatic heterocycles. The molecule has 0 radical (unpaired) electrons. The summed E-state index contributed by atoms with van der Waals surface area (Å²) < 4.78 is 0. The third-order valence-corrected chi connectivity index (χ3v) is 2.42. The van der Waals surface area contributed by atoms with Crippen LogP contribution in [0.1, 0.15) is 26.2 Å². The van der Waals surface area contributed by atoms with Crippen molar-refractivity contribution in [3.05, 3.63) is 0 Å². The number of nitrogens with one attached hydrogen (secondary N) is 1. The zero-order valence-electron chi connectivity index (χ0n) is 7.03. The van der Waals surface area contributed by atoms with Gasteiger partial charge in [-0.05, 0) is 6.42 Å². The second kappa shape index (κ2) is 3.94. The van der Waals surface area contributed by atoms with Gasteiger partial charge in [-0.2, -0.15) is 0 Å². The minimum Gasteiger partial charge on any atom is -0.355 e. The zero-order chi connectivity index (χ0) is 7.40. The van der Waals surface area contributed by atoms with Gasteiger partial charge in [0.15, 0.2) is 0 Å². The smallest absolute Gasteiger partial charge is 0.0952 e. The lowest BCUT2D eigenvalue weighted by Gasteiger charge is -2.24. The van der Waals surface area contributed by atoms with Crippen LogP contribution >= 0.6 is 0 Å². The Bertz CT molecular complexity index is 85.3. The third kappa shape index (κ3) is 2.27. The predicted octanol–water partition coefficient (Wildman–Crippen LogP) is -1.31. The van der Waals surface area contributed by atoms with Crippen LogP contribution in [-0.4, -0.2) is 25.7 Å². The molecule has 0 bridgehead atoms. The van der Waals surface area contributed by atoms with Crippen LogP contribution in [0.4, 0.5) is 0 Å². The molecule has 2 heteroatoms. The molecule has 0 amide bonds. The van der Waals surface area contributed by atoms with Crippen molar-refractivity contribution in [2.75, 3.05) is 19.6 Å². The van der Waals surface area contributed by atoms with Gasteiger partial charge in [0, 0.05) is 12.8 Å². The van der Waals surface area contributed by atoms with Crippen molar-refractivity contribution < 1.29 is 10.6 Å². The van der Waals surface area contributed by atoms with E-state index >= 15 is 0 Å². The van der Waals surface area contributed by atoms with Gasteiger partial charge >= 0.3 is 0 Å². The zero-order valence-corrected chi connectivity index (χ0v) is 7.03. The maximum Gasteiger partial charge on any atom is 0.0952 e. The summed E-state index contributed by atoms with van der Waals surface area (Å²) in [5.41, 5.74) is 4.08. The first kappa shape index (κ1) is 8.02. The van der Waals surface area contributed by atoms with Crippen LogP contribution in [0.25, 0.3) is 0 Å². The molecule has 0 aliphatic carbocycles. The average Bonchev–Trinajstić information content (AvgIpc) is 1.95. The molecule has 0 saturated carbocycles. The number of hydrogen-bond acceptors (Lipinski definition) is 0. The van der Waals surface area contributed by atoms with Gasteiger partial charge in [-0.1, -0.05) is 6.92 Å². The Kier molecular flexibility index (Phi) is 3.16. The van der Waals surface area contributed by atoms with Gasteiger partial charge in [0.1, 0.15) is 0 Å². The lowest BCUT2D eigenvalue weighted by Crippen LogP contribution is -3.13. The normalized spacial score (nSPS) is 34.2. The fraction of sp³-hybridized carbons (Fsp3) is 1.00. The van der Waals surface area contributed by atoms with E-state index in [1.165, 1.54) is 38.9 Å². The molecule has 1 fully saturated rings. The first-order chi connectivity index (χ1) is 4.83. The third-order valence-electron chi connectivity index (χ3n) is 2.42. The summed E-state index contributed by atoms with van der Waals surface area (Å²) in [6.07, 6.45) is 4.02. The van der Waals surface area contributed by atoms with Gasteiger partial charge < -0.3 is 10.6 Å². The summed E-state index contributed by atoms with van der Waals surface area (Å²) in [4.78, 5) is 1.79. The first-order valence-electron chi connectivity index (χ1n) is 4.49. The topological polar surface area (TPSA) is 32.1 Å². The summed E-state index contributed by atoms with van der Waals surface area (Å²) in [6.45, 7) is 6.36. The van der Waals surface area contributed by atoms with E-state index in [4.69, 9.17) is 0 Å². The molecule has 1 aliphatic heterocycles. The molecule has 0 spiro atoms. The summed E-state index contributed by atoms with van der Waals surface area (Å²) in [5.74, 6) is 0. The van der Waals surface area contributed by atoms with Crippen LogP contribution in [0.15, 0.2) is 0 Å². The van der Waals surface area contributed by atoms with Crippen molar-refractivity contribution in [2.24, 2.45) is 0 Å². The molecule has 0 unspecified atom stereocenters. The first-order valence-corrected chi connectivity index (χ1v) is 4.49. The van der Waals surface area contributed by atoms with E-state index in [2.05, 4.69) is 12.7 Å². The summed E-state index contributed by atoms with van der Waals surface area (Å²) >= 11 is 0. The Labute approximate surface area is 63.4 Å². The second-order valence-corrected chi connectivity index (χ2v) is 3.44. The molecule has 0 aromatic carbocycles. The molecule has 1 saturated heterocycles. The van der Waals surface area contributed by atoms with Gasteiger partial charge in [-0.25, -0.2) is 0 Å². The lowest BCUT2D eigenvalue weighted by molar-refractivity contribution is -0.908. The molecule has 60 valence electrons.